The topological polar surface area (TPSA) is 97.0 Å². The van der Waals surface area contributed by atoms with Crippen LogP contribution in [0.2, 0.25) is 0 Å². The van der Waals surface area contributed by atoms with Gasteiger partial charge in [0.05, 0.1) is 12.2 Å². The minimum Gasteiger partial charge on any atom is -0.463 e. The van der Waals surface area contributed by atoms with Crippen molar-refractivity contribution in [1.29, 1.82) is 0 Å². The van der Waals surface area contributed by atoms with Crippen LogP contribution in [0.1, 0.15) is 52.9 Å². The van der Waals surface area contributed by atoms with E-state index in [0.29, 0.717) is 31.6 Å². The zero-order valence-electron chi connectivity index (χ0n) is 20.4. The third kappa shape index (κ3) is 5.95. The number of carbonyl (C=O) groups is 2. The van der Waals surface area contributed by atoms with E-state index in [-0.39, 0.29) is 29.0 Å². The minimum absolute atomic E-state index is 0.0158. The first kappa shape index (κ1) is 24.8. The maximum Gasteiger partial charge on any atom is 0.336 e. The van der Waals surface area contributed by atoms with Crippen LogP contribution in [0.4, 0.5) is 0 Å². The molecule has 2 aliphatic heterocycles. The summed E-state index contributed by atoms with van der Waals surface area (Å²) in [6.45, 7) is 7.84. The highest BCUT2D eigenvalue weighted by atomic mass is 16.5. The monoisotopic (exact) mass is 454 g/mol. The van der Waals surface area contributed by atoms with E-state index >= 15 is 0 Å². The molecule has 0 fully saturated rings. The Hall–Kier alpha value is -2.83. The van der Waals surface area contributed by atoms with Crippen LogP contribution >= 0.6 is 0 Å². The largest absolute Gasteiger partial charge is 0.463 e. The van der Waals surface area contributed by atoms with Crippen LogP contribution in [-0.4, -0.2) is 49.6 Å². The summed E-state index contributed by atoms with van der Waals surface area (Å²) >= 11 is 0. The third-order valence-corrected chi connectivity index (χ3v) is 6.51. The second-order valence-corrected chi connectivity index (χ2v) is 9.87. The average molecular weight is 455 g/mol. The highest BCUT2D eigenvalue weighted by Crippen LogP contribution is 2.47. The van der Waals surface area contributed by atoms with Gasteiger partial charge in [-0.3, -0.25) is 9.79 Å². The third-order valence-electron chi connectivity index (χ3n) is 6.51. The van der Waals surface area contributed by atoms with Gasteiger partial charge in [0.25, 0.3) is 0 Å². The number of rotatable bonds is 8. The maximum absolute atomic E-state index is 13.4. The molecule has 33 heavy (non-hydrogen) atoms. The van der Waals surface area contributed by atoms with Crippen molar-refractivity contribution in [3.8, 4) is 0 Å². The molecule has 0 spiro atoms. The molecule has 0 aromatic carbocycles. The fourth-order valence-electron chi connectivity index (χ4n) is 5.13. The Morgan fingerprint density at radius 2 is 2.18 bits per heavy atom. The molecule has 1 aliphatic carbocycles. The first-order chi connectivity index (χ1) is 15.8. The van der Waals surface area contributed by atoms with Crippen molar-refractivity contribution in [1.82, 2.24) is 10.2 Å². The summed E-state index contributed by atoms with van der Waals surface area (Å²) in [5.41, 5.74) is 8.61. The molecule has 3 N–H and O–H groups in total. The van der Waals surface area contributed by atoms with Gasteiger partial charge in [-0.05, 0) is 50.0 Å². The molecule has 2 atom stereocenters. The Bertz CT molecular complexity index is 910. The fourth-order valence-corrected chi connectivity index (χ4v) is 5.13. The van der Waals surface area contributed by atoms with Gasteiger partial charge >= 0.3 is 5.97 Å². The lowest BCUT2D eigenvalue weighted by Crippen LogP contribution is -2.42. The van der Waals surface area contributed by atoms with Crippen LogP contribution in [0, 0.1) is 17.3 Å². The van der Waals surface area contributed by atoms with Crippen molar-refractivity contribution < 1.29 is 14.3 Å². The zero-order chi connectivity index (χ0) is 24.0. The molecule has 0 saturated heterocycles. The van der Waals surface area contributed by atoms with E-state index in [2.05, 4.69) is 30.2 Å². The molecule has 0 aromatic heterocycles. The highest BCUT2D eigenvalue weighted by molar-refractivity contribution is 6.02. The van der Waals surface area contributed by atoms with E-state index in [4.69, 9.17) is 10.5 Å². The minimum atomic E-state index is -0.331. The zero-order valence-corrected chi connectivity index (χ0v) is 20.4. The number of nitrogens with one attached hydrogen (secondary N) is 1. The number of dihydropyridines is 1. The predicted molar refractivity (Wildman–Crippen MR) is 131 cm³/mol. The van der Waals surface area contributed by atoms with E-state index in [1.54, 1.807) is 6.21 Å². The first-order valence-electron chi connectivity index (χ1n) is 12.0. The summed E-state index contributed by atoms with van der Waals surface area (Å²) in [5, 5.41) is 3.54. The number of Topliss-reactive ketones (excluding diaryl/α,β-unsaturated/α-hetero) is 1. The van der Waals surface area contributed by atoms with Gasteiger partial charge in [-0.25, -0.2) is 4.79 Å². The van der Waals surface area contributed by atoms with Gasteiger partial charge in [-0.2, -0.15) is 0 Å². The lowest BCUT2D eigenvalue weighted by molar-refractivity contribution is -0.139. The molecular weight excluding hydrogens is 416 g/mol. The molecular formula is C26H38N4O3. The number of allylic oxidation sites excluding steroid dienone is 5. The number of ketones is 1. The molecule has 3 aliphatic rings. The van der Waals surface area contributed by atoms with Gasteiger partial charge in [-0.1, -0.05) is 19.9 Å². The van der Waals surface area contributed by atoms with Gasteiger partial charge in [0.2, 0.25) is 0 Å². The predicted octanol–water partition coefficient (Wildman–Crippen LogP) is 3.46. The molecule has 0 aromatic rings. The molecule has 3 rings (SSSR count). The van der Waals surface area contributed by atoms with E-state index in [0.717, 1.165) is 42.8 Å². The van der Waals surface area contributed by atoms with E-state index < -0.39 is 0 Å². The van der Waals surface area contributed by atoms with Crippen molar-refractivity contribution in [2.75, 3.05) is 26.7 Å². The number of hydrogen-bond donors (Lipinski definition) is 2. The number of nitrogens with zero attached hydrogens (tertiary/aromatic N) is 2. The smallest absolute Gasteiger partial charge is 0.336 e. The quantitative estimate of drug-likeness (QED) is 0.545. The maximum atomic E-state index is 13.4. The number of esters is 1. The van der Waals surface area contributed by atoms with E-state index in [1.165, 1.54) is 6.20 Å². The highest BCUT2D eigenvalue weighted by Gasteiger charge is 2.45. The van der Waals surface area contributed by atoms with Gasteiger partial charge in [0.15, 0.2) is 5.78 Å². The number of nitrogens with two attached hydrogens (primary N) is 1. The molecule has 0 radical (unpaired) electrons. The Morgan fingerprint density at radius 3 is 2.91 bits per heavy atom. The van der Waals surface area contributed by atoms with E-state index in [9.17, 15) is 9.59 Å². The molecule has 7 nitrogen and oxygen atoms in total. The van der Waals surface area contributed by atoms with E-state index in [1.807, 2.05) is 31.1 Å². The molecule has 0 saturated carbocycles. The SMILES string of the molecule is CCOC(=O)C1=C(CCCN(C)/C=C\N)NC2=C(C(=O)CC(C)(C)C2)C1C1C=CC=NCC1. The molecule has 7 heteroatoms. The summed E-state index contributed by atoms with van der Waals surface area (Å²) in [6.07, 6.45) is 12.8. The van der Waals surface area contributed by atoms with Crippen molar-refractivity contribution in [3.05, 3.63) is 47.1 Å². The first-order valence-corrected chi connectivity index (χ1v) is 12.0. The van der Waals surface area contributed by atoms with Crippen LogP contribution in [0.15, 0.2) is 52.1 Å². The Morgan fingerprint density at radius 1 is 1.39 bits per heavy atom. The summed E-state index contributed by atoms with van der Waals surface area (Å²) in [5.74, 6) is -0.491. The molecule has 180 valence electrons. The summed E-state index contributed by atoms with van der Waals surface area (Å²) in [7, 11) is 1.97. The second kappa shape index (κ2) is 10.9. The van der Waals surface area contributed by atoms with Crippen molar-refractivity contribution >= 4 is 18.0 Å². The number of hydrogen-bond acceptors (Lipinski definition) is 7. The second-order valence-electron chi connectivity index (χ2n) is 9.87. The van der Waals surface area contributed by atoms with Gasteiger partial charge in [-0.15, -0.1) is 0 Å². The normalized spacial score (nSPS) is 24.5. The van der Waals surface area contributed by atoms with Crippen LogP contribution in [0.5, 0.6) is 0 Å². The van der Waals surface area contributed by atoms with Crippen LogP contribution in [0.25, 0.3) is 0 Å². The van der Waals surface area contributed by atoms with Gasteiger partial charge in [0.1, 0.15) is 0 Å². The average Bonchev–Trinajstić information content (AvgIpc) is 3.01. The molecule has 2 unspecified atom stereocenters. The number of aliphatic imine (C=N–C) groups is 1. The molecule has 0 bridgehead atoms. The van der Waals surface area contributed by atoms with Gasteiger partial charge < -0.3 is 20.7 Å². The summed E-state index contributed by atoms with van der Waals surface area (Å²) in [4.78, 5) is 33.2. The molecule has 2 heterocycles. The Kier molecular flexibility index (Phi) is 8.16. The van der Waals surface area contributed by atoms with Crippen molar-refractivity contribution in [3.63, 3.8) is 0 Å². The number of carbonyl (C=O) groups excluding carboxylic acids is 2. The Labute approximate surface area is 197 Å². The van der Waals surface area contributed by atoms with Crippen molar-refractivity contribution in [2.45, 2.75) is 52.9 Å². The Balaban J connectivity index is 2.04. The lowest BCUT2D eigenvalue weighted by Gasteiger charge is -2.41. The lowest BCUT2D eigenvalue weighted by atomic mass is 9.66. The fraction of sp³-hybridized carbons (Fsp3) is 0.577. The molecule has 0 amide bonds. The summed E-state index contributed by atoms with van der Waals surface area (Å²) < 4.78 is 5.52. The van der Waals surface area contributed by atoms with Crippen molar-refractivity contribution in [2.24, 2.45) is 28.0 Å². The number of ether oxygens (including phenoxy) is 1. The van der Waals surface area contributed by atoms with Crippen LogP contribution < -0.4 is 11.1 Å². The standard InChI is InChI=1S/C26H38N4O3/c1-5-33-25(32)24-19(9-7-14-30(4)15-11-27)29-20-16-26(2,3)17-21(31)23(20)22(24)18-8-6-12-28-13-10-18/h6,8,11-12,15,18,22,29H,5,7,9-10,13-14,16-17,27H2,1-4H3/b15-11-. The summed E-state index contributed by atoms with van der Waals surface area (Å²) in [6, 6.07) is 0. The van der Waals surface area contributed by atoms with Crippen LogP contribution in [0.3, 0.4) is 0 Å². The van der Waals surface area contributed by atoms with Crippen LogP contribution in [-0.2, 0) is 14.3 Å². The van der Waals surface area contributed by atoms with Gasteiger partial charge in [0, 0.05) is 68.1 Å².